The third-order valence-corrected chi connectivity index (χ3v) is 8.37. The zero-order chi connectivity index (χ0) is 28.4. The van der Waals surface area contributed by atoms with Gasteiger partial charge in [0.2, 0.25) is 5.03 Å². The number of methoxy groups -OCH3 is 1. The highest BCUT2D eigenvalue weighted by Crippen LogP contribution is 2.30. The van der Waals surface area contributed by atoms with Crippen LogP contribution in [0.3, 0.4) is 0 Å². The van der Waals surface area contributed by atoms with Gasteiger partial charge >= 0.3 is 6.09 Å². The molecular formula is C26H32FN5O5S2. The number of carbonyl (C=O) groups is 1. The van der Waals surface area contributed by atoms with Gasteiger partial charge < -0.3 is 19.7 Å². The van der Waals surface area contributed by atoms with E-state index in [1.807, 2.05) is 0 Å². The number of nitrogens with one attached hydrogen (secondary N) is 1. The summed E-state index contributed by atoms with van der Waals surface area (Å²) in [5, 5.41) is 4.10. The van der Waals surface area contributed by atoms with Gasteiger partial charge in [0.25, 0.3) is 10.0 Å². The van der Waals surface area contributed by atoms with Crippen molar-refractivity contribution < 1.29 is 27.1 Å². The third kappa shape index (κ3) is 6.59. The minimum Gasteiger partial charge on any atom is -0.497 e. The molecule has 10 nitrogen and oxygen atoms in total. The summed E-state index contributed by atoms with van der Waals surface area (Å²) in [6.45, 7) is 7.69. The molecule has 1 aromatic carbocycles. The number of pyridine rings is 1. The van der Waals surface area contributed by atoms with E-state index in [-0.39, 0.29) is 24.0 Å². The first-order valence-electron chi connectivity index (χ1n) is 12.3. The summed E-state index contributed by atoms with van der Waals surface area (Å²) in [5.74, 6) is -0.147. The first kappa shape index (κ1) is 28.6. The number of hydrogen-bond acceptors (Lipinski definition) is 9. The van der Waals surface area contributed by atoms with Crippen LogP contribution in [0.4, 0.5) is 20.7 Å². The van der Waals surface area contributed by atoms with Crippen molar-refractivity contribution in [1.82, 2.24) is 14.9 Å². The van der Waals surface area contributed by atoms with Crippen molar-refractivity contribution in [3.63, 3.8) is 0 Å². The number of nitrogens with zero attached hydrogens (tertiary/aromatic N) is 4. The molecule has 1 amide bonds. The van der Waals surface area contributed by atoms with Gasteiger partial charge in [-0.15, -0.1) is 11.3 Å². The smallest absolute Gasteiger partial charge is 0.410 e. The second-order valence-electron chi connectivity index (χ2n) is 10.2. The number of hydrogen-bond donors (Lipinski definition) is 1. The molecule has 1 fully saturated rings. The number of ether oxygens (including phenoxy) is 2. The second-order valence-corrected chi connectivity index (χ2v) is 12.7. The number of halogens is 1. The average Bonchev–Trinajstić information content (AvgIpc) is 3.57. The summed E-state index contributed by atoms with van der Waals surface area (Å²) in [7, 11) is -2.87. The van der Waals surface area contributed by atoms with E-state index < -0.39 is 32.6 Å². The Morgan fingerprint density at radius 2 is 1.97 bits per heavy atom. The minimum atomic E-state index is -4.41. The van der Waals surface area contributed by atoms with Gasteiger partial charge in [0, 0.05) is 30.1 Å². The van der Waals surface area contributed by atoms with E-state index in [4.69, 9.17) is 9.47 Å². The minimum absolute atomic E-state index is 0.0706. The van der Waals surface area contributed by atoms with Crippen molar-refractivity contribution in [2.45, 2.75) is 57.3 Å². The predicted molar refractivity (Wildman–Crippen MR) is 147 cm³/mol. The van der Waals surface area contributed by atoms with E-state index in [0.717, 1.165) is 4.31 Å². The SMILES string of the molecule is COc1ccc(CN(c2cscn2)S(=O)(=O)c2ncc(N[C@H]3CCN(C(=O)OC(C)(C)C)C3)c(C)c2F)cc1. The Balaban J connectivity index is 1.55. The fourth-order valence-corrected chi connectivity index (χ4v) is 6.14. The number of benzene rings is 1. The Hall–Kier alpha value is -3.45. The maximum absolute atomic E-state index is 15.6. The first-order chi connectivity index (χ1) is 18.4. The summed E-state index contributed by atoms with van der Waals surface area (Å²) in [5.41, 5.74) is 2.04. The molecule has 0 spiro atoms. The predicted octanol–water partition coefficient (Wildman–Crippen LogP) is 4.81. The van der Waals surface area contributed by atoms with Crippen LogP contribution in [0.5, 0.6) is 5.75 Å². The molecule has 1 aliphatic heterocycles. The molecular weight excluding hydrogens is 545 g/mol. The highest BCUT2D eigenvalue weighted by atomic mass is 32.2. The molecule has 13 heteroatoms. The van der Waals surface area contributed by atoms with Gasteiger partial charge in [0.05, 0.1) is 31.0 Å². The fourth-order valence-electron chi connectivity index (χ4n) is 4.09. The summed E-state index contributed by atoms with van der Waals surface area (Å²) >= 11 is 1.23. The van der Waals surface area contributed by atoms with Crippen molar-refractivity contribution >= 4 is 39.0 Å². The van der Waals surface area contributed by atoms with Crippen LogP contribution in [0.15, 0.2) is 46.4 Å². The highest BCUT2D eigenvalue weighted by molar-refractivity contribution is 7.92. The largest absolute Gasteiger partial charge is 0.497 e. The zero-order valence-corrected chi connectivity index (χ0v) is 24.1. The Morgan fingerprint density at radius 1 is 1.26 bits per heavy atom. The van der Waals surface area contributed by atoms with Crippen LogP contribution in [-0.4, -0.2) is 61.2 Å². The number of sulfonamides is 1. The molecule has 1 aliphatic rings. The number of rotatable bonds is 8. The second kappa shape index (κ2) is 11.3. The van der Waals surface area contributed by atoms with Gasteiger partial charge in [-0.05, 0) is 51.8 Å². The molecule has 1 N–H and O–H groups in total. The lowest BCUT2D eigenvalue weighted by Crippen LogP contribution is -2.36. The molecule has 0 bridgehead atoms. The van der Waals surface area contributed by atoms with Crippen LogP contribution < -0.4 is 14.4 Å². The van der Waals surface area contributed by atoms with Crippen LogP contribution in [-0.2, 0) is 21.3 Å². The van der Waals surface area contributed by atoms with Crippen LogP contribution in [0.1, 0.15) is 38.3 Å². The van der Waals surface area contributed by atoms with Crippen molar-refractivity contribution in [2.24, 2.45) is 0 Å². The maximum Gasteiger partial charge on any atom is 0.410 e. The van der Waals surface area contributed by atoms with E-state index in [0.29, 0.717) is 36.5 Å². The number of carbonyl (C=O) groups excluding carboxylic acids is 1. The van der Waals surface area contributed by atoms with Crippen LogP contribution in [0, 0.1) is 12.7 Å². The molecule has 0 saturated carbocycles. The summed E-state index contributed by atoms with van der Waals surface area (Å²) < 4.78 is 54.7. The molecule has 39 heavy (non-hydrogen) atoms. The lowest BCUT2D eigenvalue weighted by molar-refractivity contribution is 0.0293. The number of amides is 1. The first-order valence-corrected chi connectivity index (χ1v) is 14.7. The fraction of sp³-hybridized carbons (Fsp3) is 0.423. The Kier molecular flexibility index (Phi) is 8.31. The highest BCUT2D eigenvalue weighted by Gasteiger charge is 2.34. The normalized spacial score (nSPS) is 15.7. The molecule has 0 unspecified atom stereocenters. The lowest BCUT2D eigenvalue weighted by Gasteiger charge is -2.25. The molecule has 3 heterocycles. The molecule has 0 aliphatic carbocycles. The Bertz CT molecular complexity index is 1410. The van der Waals surface area contributed by atoms with Gasteiger partial charge in [-0.1, -0.05) is 12.1 Å². The van der Waals surface area contributed by atoms with Gasteiger partial charge in [-0.3, -0.25) is 0 Å². The number of aromatic nitrogens is 2. The lowest BCUT2D eigenvalue weighted by atomic mass is 10.2. The monoisotopic (exact) mass is 577 g/mol. The van der Waals surface area contributed by atoms with Crippen LogP contribution in [0.2, 0.25) is 0 Å². The summed E-state index contributed by atoms with van der Waals surface area (Å²) in [4.78, 5) is 22.2. The Labute approximate surface area is 231 Å². The van der Waals surface area contributed by atoms with E-state index in [1.165, 1.54) is 30.0 Å². The molecule has 210 valence electrons. The van der Waals surface area contributed by atoms with Gasteiger partial charge in [-0.2, -0.15) is 8.42 Å². The molecule has 1 atom stereocenters. The van der Waals surface area contributed by atoms with E-state index in [2.05, 4.69) is 15.3 Å². The van der Waals surface area contributed by atoms with Crippen LogP contribution in [0.25, 0.3) is 0 Å². The number of likely N-dealkylation sites (tertiary alicyclic amines) is 1. The van der Waals surface area contributed by atoms with Gasteiger partial charge in [-0.25, -0.2) is 23.5 Å². The van der Waals surface area contributed by atoms with E-state index in [9.17, 15) is 13.2 Å². The molecule has 2 aromatic heterocycles. The molecule has 1 saturated heterocycles. The van der Waals surface area contributed by atoms with E-state index in [1.54, 1.807) is 62.4 Å². The van der Waals surface area contributed by atoms with Crippen LogP contribution >= 0.6 is 11.3 Å². The van der Waals surface area contributed by atoms with Gasteiger partial charge in [0.1, 0.15) is 11.4 Å². The molecule has 0 radical (unpaired) electrons. The standard InChI is InChI=1S/C26H32FN5O5S2/c1-17-21(30-19-10-11-31(14-19)25(33)37-26(2,3)4)12-28-24(23(17)27)39(34,35)32(22-15-38-16-29-22)13-18-6-8-20(36-5)9-7-18/h6-9,12,15-16,19,30H,10-11,13-14H2,1-5H3/t19-/m0/s1. The number of thiazole rings is 1. The van der Waals surface area contributed by atoms with E-state index >= 15 is 4.39 Å². The molecule has 3 aromatic rings. The van der Waals surface area contributed by atoms with Crippen molar-refractivity contribution in [3.8, 4) is 5.75 Å². The number of anilines is 2. The Morgan fingerprint density at radius 3 is 2.59 bits per heavy atom. The third-order valence-electron chi connectivity index (χ3n) is 6.13. The topological polar surface area (TPSA) is 114 Å². The quantitative estimate of drug-likeness (QED) is 0.406. The average molecular weight is 578 g/mol. The summed E-state index contributed by atoms with van der Waals surface area (Å²) in [6.07, 6.45) is 1.53. The zero-order valence-electron chi connectivity index (χ0n) is 22.5. The van der Waals surface area contributed by atoms with Gasteiger partial charge in [0.15, 0.2) is 11.6 Å². The van der Waals surface area contributed by atoms with Crippen molar-refractivity contribution in [1.29, 1.82) is 0 Å². The molecule has 4 rings (SSSR count). The van der Waals surface area contributed by atoms with Crippen molar-refractivity contribution in [2.75, 3.05) is 29.8 Å². The van der Waals surface area contributed by atoms with Crippen molar-refractivity contribution in [3.05, 3.63) is 58.3 Å². The summed E-state index contributed by atoms with van der Waals surface area (Å²) in [6, 6.07) is 6.74. The maximum atomic E-state index is 15.6.